The monoisotopic (exact) mass is 1770 g/mol. The molecule has 21 unspecified atom stereocenters. The Kier molecular flexibility index (Phi) is 67.3. The molecule has 0 radical (unpaired) electrons. The maximum absolute atomic E-state index is 15.0. The van der Waals surface area contributed by atoms with Crippen molar-refractivity contribution in [2.24, 2.45) is 17.8 Å². The van der Waals surface area contributed by atoms with E-state index >= 15 is 0 Å². The first kappa shape index (κ1) is 114. The number of ether oxygens (including phenoxy) is 8. The summed E-state index contributed by atoms with van der Waals surface area (Å²) < 4.78 is 73.8. The van der Waals surface area contributed by atoms with E-state index in [9.17, 15) is 74.6 Å². The minimum atomic E-state index is -5.81. The van der Waals surface area contributed by atoms with Crippen LogP contribution in [0.5, 0.6) is 0 Å². The number of unbranched alkanes of at least 4 members (excludes halogenated alkanes) is 44. The molecule has 0 spiro atoms. The second-order valence-corrected chi connectivity index (χ2v) is 38.2. The van der Waals surface area contributed by atoms with Crippen molar-refractivity contribution in [1.29, 1.82) is 0 Å². The highest BCUT2D eigenvalue weighted by Gasteiger charge is 2.60. The first-order chi connectivity index (χ1) is 58.9. The van der Waals surface area contributed by atoms with E-state index in [0.717, 1.165) is 128 Å². The van der Waals surface area contributed by atoms with Gasteiger partial charge in [-0.3, -0.25) is 28.2 Å². The summed E-state index contributed by atoms with van der Waals surface area (Å²) in [5.41, 5.74) is 0. The van der Waals surface area contributed by atoms with E-state index in [1.807, 2.05) is 0 Å². The molecule has 0 amide bonds. The lowest BCUT2D eigenvalue weighted by atomic mass is 9.84. The highest BCUT2D eigenvalue weighted by Crippen LogP contribution is 2.49. The van der Waals surface area contributed by atoms with Crippen LogP contribution in [0.2, 0.25) is 0 Å². The number of aliphatic hydroxyl groups is 9. The van der Waals surface area contributed by atoms with Gasteiger partial charge in [-0.25, -0.2) is 4.57 Å². The summed E-state index contributed by atoms with van der Waals surface area (Å²) >= 11 is 0. The number of rotatable bonds is 80. The summed E-state index contributed by atoms with van der Waals surface area (Å²) in [6, 6.07) is 0. The Bertz CT molecular complexity index is 2570. The SMILES string of the molecule is CCCCCCCCCCCCCCCCCC(=O)OC1C(O)C(O)C(OC2OC(CO)C(O)C(O)C2O)C(OP(=O)(O)OCC(COC(=O)CCCCCCCCC(C)CCCCCCCC)OC(=O)CCCCCCCCC(C)CCCCCCCC)C1OC1OC(COC(=O)CCCCCCCCC(C)CCCCCCCC)C(O)C(O)C1O. The second-order valence-electron chi connectivity index (χ2n) is 36.8. The van der Waals surface area contributed by atoms with Crippen LogP contribution in [-0.2, 0) is 70.7 Å². The number of hydrogen-bond acceptors (Lipinski definition) is 24. The zero-order valence-corrected chi connectivity index (χ0v) is 78.4. The van der Waals surface area contributed by atoms with Crippen molar-refractivity contribution in [3.05, 3.63) is 0 Å². The highest BCUT2D eigenvalue weighted by atomic mass is 31.2. The molecule has 0 aromatic rings. The Morgan fingerprint density at radius 2 is 0.615 bits per heavy atom. The number of carbonyl (C=O) groups is 4. The summed E-state index contributed by atoms with van der Waals surface area (Å²) in [4.78, 5) is 66.8. The minimum absolute atomic E-state index is 0.0166. The van der Waals surface area contributed by atoms with Gasteiger partial charge in [-0.2, -0.15) is 0 Å². The lowest BCUT2D eigenvalue weighted by molar-refractivity contribution is -0.360. The molecule has 26 heteroatoms. The number of aliphatic hydroxyl groups excluding tert-OH is 9. The Balaban J connectivity index is 1.92. The van der Waals surface area contributed by atoms with Crippen molar-refractivity contribution in [2.45, 2.75) is 544 Å². The van der Waals surface area contributed by atoms with Crippen molar-refractivity contribution in [1.82, 2.24) is 0 Å². The molecule has 1 saturated carbocycles. The van der Waals surface area contributed by atoms with Crippen molar-refractivity contribution in [3.8, 4) is 0 Å². The molecule has 0 bridgehead atoms. The summed E-state index contributed by atoms with van der Waals surface area (Å²) in [6.07, 6.45) is 26.5. The van der Waals surface area contributed by atoms with Crippen LogP contribution in [-0.4, -0.2) is 205 Å². The predicted molar refractivity (Wildman–Crippen MR) is 476 cm³/mol. The van der Waals surface area contributed by atoms with Gasteiger partial charge in [0, 0.05) is 25.7 Å². The van der Waals surface area contributed by atoms with Crippen LogP contribution in [0.1, 0.15) is 440 Å². The molecule has 2 saturated heterocycles. The molecule has 3 aliphatic rings. The van der Waals surface area contributed by atoms with E-state index in [-0.39, 0.29) is 25.7 Å². The fourth-order valence-electron chi connectivity index (χ4n) is 17.1. The maximum Gasteiger partial charge on any atom is 0.472 e. The highest BCUT2D eigenvalue weighted by molar-refractivity contribution is 7.47. The van der Waals surface area contributed by atoms with Gasteiger partial charge in [0.1, 0.15) is 92.6 Å². The zero-order chi connectivity index (χ0) is 89.4. The number of hydrogen-bond donors (Lipinski definition) is 10. The van der Waals surface area contributed by atoms with Crippen LogP contribution in [0.4, 0.5) is 0 Å². The van der Waals surface area contributed by atoms with Gasteiger partial charge in [-0.05, 0) is 43.4 Å². The fourth-order valence-corrected chi connectivity index (χ4v) is 18.1. The van der Waals surface area contributed by atoms with Crippen LogP contribution >= 0.6 is 7.82 Å². The van der Waals surface area contributed by atoms with Gasteiger partial charge in [-0.15, -0.1) is 0 Å². The van der Waals surface area contributed by atoms with E-state index in [1.165, 1.54) is 205 Å². The molecule has 720 valence electrons. The Hall–Kier alpha value is -2.53. The van der Waals surface area contributed by atoms with Gasteiger partial charge in [-0.1, -0.05) is 389 Å². The quantitative estimate of drug-likeness (QED) is 0.0117. The number of carbonyl (C=O) groups excluding carboxylic acids is 4. The lowest BCUT2D eigenvalue weighted by Gasteiger charge is -2.50. The molecule has 25 nitrogen and oxygen atoms in total. The van der Waals surface area contributed by atoms with Crippen LogP contribution in [0.15, 0.2) is 0 Å². The van der Waals surface area contributed by atoms with Gasteiger partial charge in [0.15, 0.2) is 24.8 Å². The molecule has 2 heterocycles. The summed E-state index contributed by atoms with van der Waals surface area (Å²) in [7, 11) is -5.81. The normalized spacial score (nSPS) is 25.3. The van der Waals surface area contributed by atoms with Crippen LogP contribution in [0.25, 0.3) is 0 Å². The molecule has 10 N–H and O–H groups in total. The standard InChI is InChI=1S/C96H181O25P/c1-8-12-16-20-24-25-26-27-28-29-30-31-32-47-58-68-82(101)118-91-87(106)88(107)92(119-95-89(108)85(104)83(102)77(69-97)116-95)94(93(91)120-96-90(109)86(105)84(103)78(117-96)72-113-80(99)66-56-46-37-34-43-53-63-74(6)60-50-40-22-18-14-10-3)121-122(110,111)114-71-76(115-81(100)67-57-48-38-35-44-54-64-75(7)61-51-41-23-19-15-11-4)70-112-79(98)65-55-45-36-33-42-52-62-73(5)59-49-39-21-17-13-9-2/h73-78,83-97,102-109H,8-72H2,1-7H3,(H,110,111). The molecule has 2 aliphatic heterocycles. The average Bonchev–Trinajstić information content (AvgIpc) is 0.753. The predicted octanol–water partition coefficient (Wildman–Crippen LogP) is 19.3. The van der Waals surface area contributed by atoms with Crippen molar-refractivity contribution in [3.63, 3.8) is 0 Å². The molecule has 1 aliphatic carbocycles. The van der Waals surface area contributed by atoms with E-state index in [4.69, 9.17) is 46.9 Å². The summed E-state index contributed by atoms with van der Waals surface area (Å²) in [6.45, 7) is 12.6. The Morgan fingerprint density at radius 1 is 0.320 bits per heavy atom. The third-order valence-corrected chi connectivity index (χ3v) is 26.3. The van der Waals surface area contributed by atoms with Crippen molar-refractivity contribution >= 4 is 31.7 Å². The van der Waals surface area contributed by atoms with E-state index in [0.29, 0.717) is 49.9 Å². The Morgan fingerprint density at radius 3 is 0.975 bits per heavy atom. The average molecular weight is 1770 g/mol. The first-order valence-corrected chi connectivity index (χ1v) is 51.4. The number of phosphoric ester groups is 1. The molecule has 0 aromatic heterocycles. The zero-order valence-electron chi connectivity index (χ0n) is 77.6. The number of esters is 4. The maximum atomic E-state index is 15.0. The topological polar surface area (TPSA) is 380 Å². The lowest BCUT2D eigenvalue weighted by Crippen LogP contribution is -2.70. The third-order valence-electron chi connectivity index (χ3n) is 25.3. The van der Waals surface area contributed by atoms with Crippen LogP contribution in [0.3, 0.4) is 0 Å². The summed E-state index contributed by atoms with van der Waals surface area (Å²) in [5.74, 6) is -0.903. The molecule has 122 heavy (non-hydrogen) atoms. The van der Waals surface area contributed by atoms with Gasteiger partial charge in [0.05, 0.1) is 13.2 Å². The van der Waals surface area contributed by atoms with E-state index in [1.54, 1.807) is 0 Å². The molecule has 21 atom stereocenters. The van der Waals surface area contributed by atoms with Gasteiger partial charge < -0.3 is 88.7 Å². The first-order valence-electron chi connectivity index (χ1n) is 49.9. The van der Waals surface area contributed by atoms with E-state index in [2.05, 4.69) is 48.5 Å². The smallest absolute Gasteiger partial charge is 0.463 e. The van der Waals surface area contributed by atoms with E-state index < -0.39 is 162 Å². The van der Waals surface area contributed by atoms with Gasteiger partial charge >= 0.3 is 31.7 Å². The molecular formula is C96H181O25P. The fraction of sp³-hybridized carbons (Fsp3) is 0.958. The molecular weight excluding hydrogens is 1580 g/mol. The van der Waals surface area contributed by atoms with Crippen molar-refractivity contribution in [2.75, 3.05) is 26.4 Å². The largest absolute Gasteiger partial charge is 0.472 e. The molecule has 3 rings (SSSR count). The summed E-state index contributed by atoms with van der Waals surface area (Å²) in [5, 5.41) is 103. The second kappa shape index (κ2) is 72.2. The van der Waals surface area contributed by atoms with Gasteiger partial charge in [0.25, 0.3) is 0 Å². The minimum Gasteiger partial charge on any atom is -0.463 e. The van der Waals surface area contributed by atoms with Gasteiger partial charge in [0.2, 0.25) is 0 Å². The van der Waals surface area contributed by atoms with Crippen LogP contribution < -0.4 is 0 Å². The van der Waals surface area contributed by atoms with Crippen LogP contribution in [0, 0.1) is 17.8 Å². The Labute approximate surface area is 738 Å². The molecule has 0 aromatic carbocycles. The number of phosphoric acid groups is 1. The third kappa shape index (κ3) is 52.3. The molecule has 3 fully saturated rings. The van der Waals surface area contributed by atoms with Crippen molar-refractivity contribution < 1.29 is 122 Å².